The molecule has 108 valence electrons. The summed E-state index contributed by atoms with van der Waals surface area (Å²) in [6.07, 6.45) is 0. The summed E-state index contributed by atoms with van der Waals surface area (Å²) in [5, 5.41) is 8.84. The topological polar surface area (TPSA) is 61.2 Å². The van der Waals surface area contributed by atoms with Crippen molar-refractivity contribution in [3.8, 4) is 6.07 Å². The first-order valence-electron chi connectivity index (χ1n) is 6.21. The van der Waals surface area contributed by atoms with Crippen LogP contribution in [0.25, 0.3) is 0 Å². The average Bonchev–Trinajstić information content (AvgIpc) is 2.48. The molecular formula is C15H13FN2O2S. The Hall–Kier alpha value is -2.23. The van der Waals surface area contributed by atoms with Gasteiger partial charge in [0, 0.05) is 6.54 Å². The van der Waals surface area contributed by atoms with Gasteiger partial charge in [-0.05, 0) is 17.7 Å². The summed E-state index contributed by atoms with van der Waals surface area (Å²) < 4.78 is 39.7. The molecule has 0 N–H and O–H groups in total. The van der Waals surface area contributed by atoms with Gasteiger partial charge in [0.15, 0.2) is 0 Å². The van der Waals surface area contributed by atoms with Gasteiger partial charge in [0.2, 0.25) is 10.0 Å². The lowest BCUT2D eigenvalue weighted by molar-refractivity contribution is 0.436. The van der Waals surface area contributed by atoms with Crippen molar-refractivity contribution in [2.75, 3.05) is 6.54 Å². The van der Waals surface area contributed by atoms with Crippen molar-refractivity contribution in [3.05, 3.63) is 66.0 Å². The van der Waals surface area contributed by atoms with Crippen LogP contribution < -0.4 is 0 Å². The molecule has 0 radical (unpaired) electrons. The largest absolute Gasteiger partial charge is 0.247 e. The van der Waals surface area contributed by atoms with Gasteiger partial charge in [-0.15, -0.1) is 0 Å². The fourth-order valence-corrected chi connectivity index (χ4v) is 3.27. The van der Waals surface area contributed by atoms with E-state index in [0.717, 1.165) is 15.9 Å². The lowest BCUT2D eigenvalue weighted by Gasteiger charge is -2.19. The molecule has 0 fully saturated rings. The first kappa shape index (κ1) is 15.2. The zero-order valence-corrected chi connectivity index (χ0v) is 11.9. The Morgan fingerprint density at radius 2 is 1.67 bits per heavy atom. The fraction of sp³-hybridized carbons (Fsp3) is 0.133. The number of hydrogen-bond donors (Lipinski definition) is 0. The number of halogens is 1. The van der Waals surface area contributed by atoms with Crippen molar-refractivity contribution in [2.24, 2.45) is 0 Å². The second kappa shape index (κ2) is 6.48. The van der Waals surface area contributed by atoms with Gasteiger partial charge in [-0.3, -0.25) is 0 Å². The number of sulfonamides is 1. The molecule has 2 rings (SSSR count). The van der Waals surface area contributed by atoms with Crippen LogP contribution in [0.15, 0.2) is 59.5 Å². The van der Waals surface area contributed by atoms with Gasteiger partial charge in [-0.2, -0.15) is 9.57 Å². The van der Waals surface area contributed by atoms with Gasteiger partial charge in [-0.1, -0.05) is 42.5 Å². The fourth-order valence-electron chi connectivity index (χ4n) is 1.88. The number of nitriles is 1. The van der Waals surface area contributed by atoms with Crippen LogP contribution >= 0.6 is 0 Å². The Balaban J connectivity index is 2.38. The molecule has 0 spiro atoms. The summed E-state index contributed by atoms with van der Waals surface area (Å²) in [4.78, 5) is -0.420. The highest BCUT2D eigenvalue weighted by Crippen LogP contribution is 2.20. The molecule has 0 aromatic heterocycles. The van der Waals surface area contributed by atoms with Gasteiger partial charge in [0.25, 0.3) is 0 Å². The molecule has 0 aliphatic heterocycles. The van der Waals surface area contributed by atoms with Crippen LogP contribution in [-0.2, 0) is 16.6 Å². The molecule has 0 unspecified atom stereocenters. The lowest BCUT2D eigenvalue weighted by Crippen LogP contribution is -2.31. The maximum absolute atomic E-state index is 13.7. The third kappa shape index (κ3) is 3.45. The third-order valence-corrected chi connectivity index (χ3v) is 4.73. The molecule has 0 saturated heterocycles. The van der Waals surface area contributed by atoms with Gasteiger partial charge in [0.1, 0.15) is 17.3 Å². The molecular weight excluding hydrogens is 291 g/mol. The first-order valence-corrected chi connectivity index (χ1v) is 7.65. The molecule has 6 heteroatoms. The van der Waals surface area contributed by atoms with Crippen molar-refractivity contribution >= 4 is 10.0 Å². The molecule has 0 saturated carbocycles. The van der Waals surface area contributed by atoms with E-state index in [0.29, 0.717) is 0 Å². The smallest absolute Gasteiger partial charge is 0.207 e. The van der Waals surface area contributed by atoms with Crippen LogP contribution in [0.3, 0.4) is 0 Å². The van der Waals surface area contributed by atoms with E-state index in [-0.39, 0.29) is 13.1 Å². The van der Waals surface area contributed by atoms with E-state index in [1.165, 1.54) is 18.2 Å². The van der Waals surface area contributed by atoms with Crippen LogP contribution in [0, 0.1) is 17.1 Å². The minimum atomic E-state index is -4.06. The summed E-state index contributed by atoms with van der Waals surface area (Å²) in [7, 11) is -4.06. The highest BCUT2D eigenvalue weighted by Gasteiger charge is 2.27. The van der Waals surface area contributed by atoms with Crippen molar-refractivity contribution < 1.29 is 12.8 Å². The average molecular weight is 304 g/mol. The Morgan fingerprint density at radius 1 is 1.05 bits per heavy atom. The van der Waals surface area contributed by atoms with E-state index in [4.69, 9.17) is 5.26 Å². The first-order chi connectivity index (χ1) is 10.1. The molecule has 21 heavy (non-hydrogen) atoms. The monoisotopic (exact) mass is 304 g/mol. The van der Waals surface area contributed by atoms with E-state index in [9.17, 15) is 12.8 Å². The van der Waals surface area contributed by atoms with Gasteiger partial charge in [-0.25, -0.2) is 12.8 Å². The molecule has 2 aromatic carbocycles. The molecule has 0 aliphatic carbocycles. The van der Waals surface area contributed by atoms with Crippen molar-refractivity contribution in [3.63, 3.8) is 0 Å². The van der Waals surface area contributed by atoms with Gasteiger partial charge < -0.3 is 0 Å². The predicted octanol–water partition coefficient (Wildman–Crippen LogP) is 2.54. The van der Waals surface area contributed by atoms with Gasteiger partial charge >= 0.3 is 0 Å². The molecule has 0 bridgehead atoms. The van der Waals surface area contributed by atoms with Crippen LogP contribution in [0.2, 0.25) is 0 Å². The van der Waals surface area contributed by atoms with Crippen LogP contribution in [0.1, 0.15) is 5.56 Å². The van der Waals surface area contributed by atoms with Crippen LogP contribution in [0.4, 0.5) is 4.39 Å². The van der Waals surface area contributed by atoms with Gasteiger partial charge in [0.05, 0.1) is 6.07 Å². The highest BCUT2D eigenvalue weighted by molar-refractivity contribution is 7.89. The van der Waals surface area contributed by atoms with E-state index in [2.05, 4.69) is 0 Å². The van der Waals surface area contributed by atoms with Crippen LogP contribution in [-0.4, -0.2) is 19.3 Å². The number of hydrogen-bond acceptors (Lipinski definition) is 3. The molecule has 0 aliphatic rings. The summed E-state index contributed by atoms with van der Waals surface area (Å²) in [6.45, 7) is -0.323. The molecule has 0 atom stereocenters. The molecule has 0 amide bonds. The predicted molar refractivity (Wildman–Crippen MR) is 76.1 cm³/mol. The lowest BCUT2D eigenvalue weighted by atomic mass is 10.2. The Morgan fingerprint density at radius 3 is 2.29 bits per heavy atom. The minimum Gasteiger partial charge on any atom is -0.207 e. The number of nitrogens with zero attached hydrogens (tertiary/aromatic N) is 2. The third-order valence-electron chi connectivity index (χ3n) is 2.90. The Labute approximate surface area is 123 Å². The van der Waals surface area contributed by atoms with E-state index >= 15 is 0 Å². The van der Waals surface area contributed by atoms with E-state index in [1.807, 2.05) is 12.1 Å². The molecule has 4 nitrogen and oxygen atoms in total. The second-order valence-corrected chi connectivity index (χ2v) is 6.25. The summed E-state index contributed by atoms with van der Waals surface area (Å²) in [6, 6.07) is 15.8. The summed E-state index contributed by atoms with van der Waals surface area (Å²) >= 11 is 0. The minimum absolute atomic E-state index is 0.0189. The zero-order chi connectivity index (χ0) is 15.3. The normalized spacial score (nSPS) is 11.3. The number of benzene rings is 2. The Kier molecular flexibility index (Phi) is 4.68. The van der Waals surface area contributed by atoms with Crippen molar-refractivity contribution in [1.82, 2.24) is 4.31 Å². The standard InChI is InChI=1S/C15H13FN2O2S/c16-14-8-4-5-9-15(14)21(19,20)18(11-10-17)12-13-6-2-1-3-7-13/h1-9H,11-12H2. The highest BCUT2D eigenvalue weighted by atomic mass is 32.2. The zero-order valence-electron chi connectivity index (χ0n) is 11.1. The SMILES string of the molecule is N#CCN(Cc1ccccc1)S(=O)(=O)c1ccccc1F. The van der Waals surface area contributed by atoms with Crippen molar-refractivity contribution in [2.45, 2.75) is 11.4 Å². The van der Waals surface area contributed by atoms with Crippen LogP contribution in [0.5, 0.6) is 0 Å². The molecule has 0 heterocycles. The number of rotatable bonds is 5. The Bertz CT molecular complexity index is 755. The van der Waals surface area contributed by atoms with E-state index in [1.54, 1.807) is 24.3 Å². The quantitative estimate of drug-likeness (QED) is 0.798. The van der Waals surface area contributed by atoms with Crippen molar-refractivity contribution in [1.29, 1.82) is 5.26 Å². The van der Waals surface area contributed by atoms with E-state index < -0.39 is 20.7 Å². The maximum atomic E-state index is 13.7. The maximum Gasteiger partial charge on any atom is 0.247 e. The second-order valence-electron chi connectivity index (χ2n) is 4.35. The summed E-state index contributed by atoms with van der Waals surface area (Å²) in [5.41, 5.74) is 0.729. The summed E-state index contributed by atoms with van der Waals surface area (Å²) in [5.74, 6) is -0.825. The molecule has 2 aromatic rings.